The molecule has 0 saturated carbocycles. The van der Waals surface area contributed by atoms with Crippen LogP contribution in [0.25, 0.3) is 178 Å². The van der Waals surface area contributed by atoms with Crippen LogP contribution in [0, 0.1) is 84.7 Å². The van der Waals surface area contributed by atoms with Gasteiger partial charge in [0.1, 0.15) is 45.6 Å². The second kappa shape index (κ2) is 36.7. The van der Waals surface area contributed by atoms with Crippen molar-refractivity contribution >= 4 is 88.3 Å². The van der Waals surface area contributed by atoms with Crippen molar-refractivity contribution in [2.24, 2.45) is 40.0 Å². The van der Waals surface area contributed by atoms with E-state index in [1.165, 1.54) is 22.3 Å². The van der Waals surface area contributed by atoms with Gasteiger partial charge in [-0.25, -0.2) is 51.4 Å². The lowest BCUT2D eigenvalue weighted by Crippen LogP contribution is -2.31. The van der Waals surface area contributed by atoms with Crippen LogP contribution in [-0.2, 0) is 41.0 Å². The average Bonchev–Trinajstić information content (AvgIpc) is 1.59. The highest BCUT2D eigenvalue weighted by Crippen LogP contribution is 2.44. The van der Waals surface area contributed by atoms with Gasteiger partial charge in [0.05, 0.1) is 22.3 Å². The molecule has 12 heterocycles. The molecule has 0 N–H and O–H groups in total. The number of halogens is 3. The summed E-state index contributed by atoms with van der Waals surface area (Å²) in [7, 11) is 8.24. The number of aryl methyl sites for hydroxylation is 12. The van der Waals surface area contributed by atoms with Gasteiger partial charge >= 0.3 is 0 Å². The van der Waals surface area contributed by atoms with E-state index < -0.39 is 0 Å². The number of fused-ring (bicyclic) bond motifs is 12. The lowest BCUT2D eigenvalue weighted by atomic mass is 9.90. The molecule has 0 saturated heterocycles. The number of nitrogens with zero attached hydrogens (tertiary/aromatic N) is 8. The first-order valence-electron chi connectivity index (χ1n) is 45.9. The second-order valence-corrected chi connectivity index (χ2v) is 37.7. The fraction of sp³-hybridized carbons (Fsp3) is 0.248. The first-order chi connectivity index (χ1) is 63.2. The Balaban J connectivity index is 0.000000123. The highest BCUT2D eigenvalue weighted by molar-refractivity contribution is 6.12. The molecule has 0 amide bonds. The van der Waals surface area contributed by atoms with E-state index in [4.69, 9.17) is 17.7 Å². The Bertz CT molecular complexity index is 7890. The van der Waals surface area contributed by atoms with Crippen molar-refractivity contribution < 1.29 is 49.1 Å². The molecule has 0 spiro atoms. The zero-order valence-corrected chi connectivity index (χ0v) is 79.7. The van der Waals surface area contributed by atoms with Gasteiger partial charge in [-0.2, -0.15) is 0 Å². The van der Waals surface area contributed by atoms with Gasteiger partial charge in [-0.3, -0.25) is 0 Å². The minimum atomic E-state index is -0.152. The molecule has 132 heavy (non-hydrogen) atoms. The largest absolute Gasteiger partial charge is 0.437 e. The fourth-order valence-electron chi connectivity index (χ4n) is 18.6. The maximum Gasteiger partial charge on any atom is 0.227 e. The van der Waals surface area contributed by atoms with Crippen molar-refractivity contribution in [2.75, 3.05) is 0 Å². The topological polar surface area (TPSA) is 120 Å². The van der Waals surface area contributed by atoms with Crippen LogP contribution in [0.15, 0.2) is 261 Å². The van der Waals surface area contributed by atoms with Crippen molar-refractivity contribution in [3.05, 3.63) is 333 Å². The third kappa shape index (κ3) is 17.7. The smallest absolute Gasteiger partial charge is 0.227 e. The summed E-state index contributed by atoms with van der Waals surface area (Å²) in [4.78, 5) is 18.4. The lowest BCUT2D eigenvalue weighted by Gasteiger charge is -2.16. The highest BCUT2D eigenvalue weighted by atomic mass is 19.1. The molecule has 12 aromatic heterocycles. The predicted octanol–water partition coefficient (Wildman–Crippen LogP) is 29.2. The Morgan fingerprint density at radius 3 is 0.879 bits per heavy atom. The molecule has 0 bridgehead atoms. The summed E-state index contributed by atoms with van der Waals surface area (Å²) in [5.74, 6) is 1.06. The Morgan fingerprint density at radius 1 is 0.273 bits per heavy atom. The predicted molar refractivity (Wildman–Crippen MR) is 531 cm³/mol. The molecule has 12 nitrogen and oxygen atoms in total. The highest BCUT2D eigenvalue weighted by Gasteiger charge is 2.29. The molecule has 0 aliphatic heterocycles. The van der Waals surface area contributed by atoms with Gasteiger partial charge in [0.15, 0.2) is 47.1 Å². The van der Waals surface area contributed by atoms with Gasteiger partial charge in [-0.05, 0) is 279 Å². The van der Waals surface area contributed by atoms with E-state index in [1.807, 2.05) is 144 Å². The Kier molecular flexibility index (Phi) is 25.0. The molecule has 20 rings (SSSR count). The third-order valence-corrected chi connectivity index (χ3v) is 25.5. The number of rotatable bonds is 15. The van der Waals surface area contributed by atoms with Crippen LogP contribution in [0.4, 0.5) is 13.2 Å². The number of hydrogen-bond acceptors (Lipinski definition) is 8. The average molecular weight is 1750 g/mol. The van der Waals surface area contributed by atoms with Gasteiger partial charge in [0, 0.05) is 112 Å². The number of pyridine rings is 8. The third-order valence-electron chi connectivity index (χ3n) is 25.5. The monoisotopic (exact) mass is 1750 g/mol. The normalized spacial score (nSPS) is 11.8. The van der Waals surface area contributed by atoms with E-state index in [9.17, 15) is 8.78 Å². The fourth-order valence-corrected chi connectivity index (χ4v) is 18.6. The minimum Gasteiger partial charge on any atom is -0.437 e. The van der Waals surface area contributed by atoms with Crippen molar-refractivity contribution in [3.63, 3.8) is 0 Å². The Labute approximate surface area is 770 Å². The van der Waals surface area contributed by atoms with Crippen molar-refractivity contribution in [2.45, 2.75) is 155 Å². The summed E-state index contributed by atoms with van der Waals surface area (Å²) in [5, 5.41) is 8.46. The minimum absolute atomic E-state index is 0.0734. The zero-order valence-electron chi connectivity index (χ0n) is 79.7. The van der Waals surface area contributed by atoms with E-state index in [-0.39, 0.29) is 35.2 Å². The first kappa shape index (κ1) is 89.9. The van der Waals surface area contributed by atoms with Crippen LogP contribution in [-0.4, -0.2) is 19.9 Å². The van der Waals surface area contributed by atoms with Gasteiger partial charge in [0.2, 0.25) is 45.6 Å². The van der Waals surface area contributed by atoms with Crippen molar-refractivity contribution in [1.29, 1.82) is 0 Å². The van der Waals surface area contributed by atoms with E-state index in [0.717, 1.165) is 218 Å². The Hall–Kier alpha value is -14.1. The zero-order chi connectivity index (χ0) is 93.3. The summed E-state index contributed by atoms with van der Waals surface area (Å²) in [6.07, 6.45) is 10.4. The number of furan rings is 4. The number of hydrogen-bond donors (Lipinski definition) is 0. The standard InChI is InChI=1S/C31H32FN2O.C29H28FN2O.C29H29N2O.C28H26FN2O/c1-17(2)25-14-22(15-26(18(3)4)29(25)32)21-10-13-27(34(7)16-21)28-19(5)8-11-23-24-12-9-20(6)33-31(24)35-30(23)28;1-17(2)14-22-15-20(8-12-25(22)30)21-9-13-26(32(5)16-21)27-18(3)6-10-23-24-11-7-19(4)31-29(24)33-28(23)27;1-18(2)15-21-7-6-8-22(16-21)23-11-14-26(31(5)17-23)27-19(3)9-12-24-25-13-10-20(4)30-29(25)32-28(24)27;1-16(2)23-14-19(8-12-24(23)29)20-9-13-25(31(5)15-20)26-17(3)6-10-21-22-11-7-18(4)30-28(22)32-27(21)26/h8-18H,1-7H3;6-13,15-17H,14H2,1-5H3;6-14,16-18H,15H2,1-5H3;6-16H,1-5H3/q4*+1. The maximum atomic E-state index is 15.1. The van der Waals surface area contributed by atoms with Crippen LogP contribution in [0.1, 0.15) is 160 Å². The van der Waals surface area contributed by atoms with Gasteiger partial charge in [0.25, 0.3) is 0 Å². The molecule has 0 unspecified atom stereocenters. The summed E-state index contributed by atoms with van der Waals surface area (Å²) in [5.41, 5.74) is 36.3. The van der Waals surface area contributed by atoms with Gasteiger partial charge in [-0.15, -0.1) is 0 Å². The molecule has 0 radical (unpaired) electrons. The molecule has 0 atom stereocenters. The lowest BCUT2D eigenvalue weighted by molar-refractivity contribution is -0.660. The van der Waals surface area contributed by atoms with Crippen molar-refractivity contribution in [3.8, 4) is 89.5 Å². The molecule has 8 aromatic carbocycles. The van der Waals surface area contributed by atoms with Gasteiger partial charge < -0.3 is 17.7 Å². The van der Waals surface area contributed by atoms with E-state index in [1.54, 1.807) is 12.1 Å². The molecular weight excluding hydrogens is 1640 g/mol. The molecule has 0 aliphatic carbocycles. The maximum absolute atomic E-state index is 15.1. The second-order valence-electron chi connectivity index (χ2n) is 37.7. The van der Waals surface area contributed by atoms with Crippen LogP contribution >= 0.6 is 0 Å². The molecule has 20 aromatic rings. The van der Waals surface area contributed by atoms with E-state index in [0.29, 0.717) is 34.7 Å². The first-order valence-corrected chi connectivity index (χ1v) is 45.9. The van der Waals surface area contributed by atoms with Crippen LogP contribution in [0.5, 0.6) is 0 Å². The molecule has 15 heteroatoms. The summed E-state index contributed by atoms with van der Waals surface area (Å²) < 4.78 is 77.3. The summed E-state index contributed by atoms with van der Waals surface area (Å²) in [6.45, 7) is 37.3. The summed E-state index contributed by atoms with van der Waals surface area (Å²) in [6, 6.07) is 74.3. The van der Waals surface area contributed by atoms with Crippen LogP contribution < -0.4 is 18.3 Å². The Morgan fingerprint density at radius 2 is 0.561 bits per heavy atom. The van der Waals surface area contributed by atoms with E-state index in [2.05, 4.69) is 278 Å². The molecular formula is C117H115F3N8O4+4. The van der Waals surface area contributed by atoms with Crippen LogP contribution in [0.2, 0.25) is 0 Å². The SMILES string of the molecule is Cc1ccc2c(n1)oc1c(-c3ccc(-c4cc(C(C)C)c(F)c(C(C)C)c4)c[n+]3C)c(C)ccc12.Cc1ccc2c(n1)oc1c(-c3ccc(-c4ccc(F)c(C(C)C)c4)c[n+]3C)c(C)ccc12.Cc1ccc2c(n1)oc1c(-c3ccc(-c4ccc(F)c(CC(C)C)c4)c[n+]3C)c(C)ccc12.Cc1ccc2c(n1)oc1c(-c3ccc(-c4cccc(CC(C)C)c4)c[n+]3C)c(C)ccc12. The molecule has 0 aliphatic rings. The quantitative estimate of drug-likeness (QED) is 0.0931. The van der Waals surface area contributed by atoms with Crippen molar-refractivity contribution in [1.82, 2.24) is 19.9 Å². The number of benzene rings is 8. The number of aromatic nitrogens is 8. The van der Waals surface area contributed by atoms with Crippen LogP contribution in [0.3, 0.4) is 0 Å². The van der Waals surface area contributed by atoms with E-state index >= 15 is 4.39 Å². The molecule has 0 fully saturated rings. The molecule has 664 valence electrons. The van der Waals surface area contributed by atoms with Gasteiger partial charge in [-0.1, -0.05) is 154 Å². The summed E-state index contributed by atoms with van der Waals surface area (Å²) >= 11 is 0.